The van der Waals surface area contributed by atoms with Gasteiger partial charge in [-0.2, -0.15) is 0 Å². The van der Waals surface area contributed by atoms with Gasteiger partial charge in [0.1, 0.15) is 0 Å². The topological polar surface area (TPSA) is 40.5 Å². The lowest BCUT2D eigenvalue weighted by Gasteiger charge is -2.58. The number of hydrogen-bond donors (Lipinski definition) is 2. The Kier molecular flexibility index (Phi) is 6.01. The van der Waals surface area contributed by atoms with Crippen molar-refractivity contribution in [1.29, 1.82) is 0 Å². The first-order valence-corrected chi connectivity index (χ1v) is 12.7. The third-order valence-corrected chi connectivity index (χ3v) is 10.5. The van der Waals surface area contributed by atoms with Gasteiger partial charge in [-0.05, 0) is 111 Å². The lowest BCUT2D eigenvalue weighted by Crippen LogP contribution is -2.50. The van der Waals surface area contributed by atoms with Gasteiger partial charge in [-0.3, -0.25) is 0 Å². The van der Waals surface area contributed by atoms with Gasteiger partial charge in [-0.1, -0.05) is 46.3 Å². The van der Waals surface area contributed by atoms with Crippen molar-refractivity contribution in [2.75, 3.05) is 0 Å². The Bertz CT molecular complexity index is 624. The molecule has 0 aromatic heterocycles. The zero-order valence-electron chi connectivity index (χ0n) is 19.7. The molecule has 29 heavy (non-hydrogen) atoms. The van der Waals surface area contributed by atoms with Crippen molar-refractivity contribution in [3.8, 4) is 0 Å². The van der Waals surface area contributed by atoms with Crippen LogP contribution < -0.4 is 0 Å². The van der Waals surface area contributed by atoms with Crippen molar-refractivity contribution in [1.82, 2.24) is 0 Å². The molecule has 0 spiro atoms. The van der Waals surface area contributed by atoms with E-state index in [0.29, 0.717) is 16.7 Å². The van der Waals surface area contributed by atoms with Crippen molar-refractivity contribution >= 4 is 0 Å². The van der Waals surface area contributed by atoms with E-state index in [1.165, 1.54) is 44.9 Å². The predicted molar refractivity (Wildman–Crippen MR) is 120 cm³/mol. The molecule has 2 nitrogen and oxygen atoms in total. The summed E-state index contributed by atoms with van der Waals surface area (Å²) in [5, 5.41) is 20.5. The molecule has 2 heteroatoms. The van der Waals surface area contributed by atoms with Gasteiger partial charge in [0.05, 0.1) is 12.2 Å². The van der Waals surface area contributed by atoms with Gasteiger partial charge in [0.2, 0.25) is 0 Å². The average molecular weight is 403 g/mol. The molecular formula is C27H46O2. The SMILES string of the molecule is CC(C)C(O)CC[C@@H](C)C1CCC2C3CC=C4CC(O)CCC4(C)C3CCC21C. The molecule has 9 atom stereocenters. The Labute approximate surface area is 179 Å². The molecule has 0 radical (unpaired) electrons. The molecular weight excluding hydrogens is 356 g/mol. The highest BCUT2D eigenvalue weighted by atomic mass is 16.3. The van der Waals surface area contributed by atoms with E-state index in [0.717, 1.165) is 48.9 Å². The minimum atomic E-state index is -0.137. The number of allylic oxidation sites excluding steroid dienone is 1. The van der Waals surface area contributed by atoms with Crippen molar-refractivity contribution < 1.29 is 10.2 Å². The van der Waals surface area contributed by atoms with Gasteiger partial charge >= 0.3 is 0 Å². The van der Waals surface area contributed by atoms with Crippen LogP contribution in [0.3, 0.4) is 0 Å². The second kappa shape index (κ2) is 7.97. The Hall–Kier alpha value is -0.340. The number of aliphatic hydroxyl groups excluding tert-OH is 2. The van der Waals surface area contributed by atoms with Gasteiger partial charge in [-0.15, -0.1) is 0 Å². The van der Waals surface area contributed by atoms with Crippen LogP contribution >= 0.6 is 0 Å². The highest BCUT2D eigenvalue weighted by Gasteiger charge is 2.59. The van der Waals surface area contributed by atoms with E-state index in [1.54, 1.807) is 5.57 Å². The summed E-state index contributed by atoms with van der Waals surface area (Å²) in [5.74, 6) is 4.51. The first kappa shape index (κ1) is 21.9. The number of rotatable bonds is 5. The number of hydrogen-bond acceptors (Lipinski definition) is 2. The van der Waals surface area contributed by atoms with Crippen LogP contribution in [0.5, 0.6) is 0 Å². The van der Waals surface area contributed by atoms with E-state index in [2.05, 4.69) is 40.7 Å². The fraction of sp³-hybridized carbons (Fsp3) is 0.926. The van der Waals surface area contributed by atoms with E-state index in [-0.39, 0.29) is 12.2 Å². The molecule has 0 amide bonds. The zero-order valence-corrected chi connectivity index (χ0v) is 19.7. The summed E-state index contributed by atoms with van der Waals surface area (Å²) in [4.78, 5) is 0. The van der Waals surface area contributed by atoms with Gasteiger partial charge < -0.3 is 10.2 Å². The van der Waals surface area contributed by atoms with E-state index >= 15 is 0 Å². The van der Waals surface area contributed by atoms with Gasteiger partial charge in [0.15, 0.2) is 0 Å². The van der Waals surface area contributed by atoms with Crippen LogP contribution in [-0.4, -0.2) is 22.4 Å². The molecule has 0 aliphatic heterocycles. The molecule has 0 aromatic carbocycles. The Balaban J connectivity index is 1.49. The van der Waals surface area contributed by atoms with Gasteiger partial charge in [0.25, 0.3) is 0 Å². The molecule has 4 rings (SSSR count). The minimum Gasteiger partial charge on any atom is -0.393 e. The molecule has 2 N–H and O–H groups in total. The Morgan fingerprint density at radius 3 is 2.48 bits per heavy atom. The summed E-state index contributed by atoms with van der Waals surface area (Å²) >= 11 is 0. The van der Waals surface area contributed by atoms with Gasteiger partial charge in [-0.25, -0.2) is 0 Å². The van der Waals surface area contributed by atoms with Crippen molar-refractivity contribution in [2.45, 2.75) is 111 Å². The summed E-state index contributed by atoms with van der Waals surface area (Å²) in [5.41, 5.74) is 2.44. The molecule has 3 fully saturated rings. The lowest BCUT2D eigenvalue weighted by atomic mass is 9.47. The highest BCUT2D eigenvalue weighted by molar-refractivity contribution is 5.25. The van der Waals surface area contributed by atoms with Crippen LogP contribution in [0.4, 0.5) is 0 Å². The third-order valence-electron chi connectivity index (χ3n) is 10.5. The van der Waals surface area contributed by atoms with E-state index in [9.17, 15) is 10.2 Å². The molecule has 4 aliphatic rings. The maximum absolute atomic E-state index is 10.3. The van der Waals surface area contributed by atoms with Crippen LogP contribution in [0.15, 0.2) is 11.6 Å². The predicted octanol–water partition coefficient (Wildman–Crippen LogP) is 6.36. The second-order valence-corrected chi connectivity index (χ2v) is 12.3. The monoisotopic (exact) mass is 402 g/mol. The normalized spacial score (nSPS) is 46.5. The first-order valence-electron chi connectivity index (χ1n) is 12.7. The van der Waals surface area contributed by atoms with Crippen molar-refractivity contribution in [3.63, 3.8) is 0 Å². The summed E-state index contributed by atoms with van der Waals surface area (Å²) in [7, 11) is 0. The largest absolute Gasteiger partial charge is 0.393 e. The molecule has 8 unspecified atom stereocenters. The lowest BCUT2D eigenvalue weighted by molar-refractivity contribution is -0.0579. The fourth-order valence-electron chi connectivity index (χ4n) is 8.59. The Morgan fingerprint density at radius 2 is 1.76 bits per heavy atom. The van der Waals surface area contributed by atoms with Crippen LogP contribution in [0.25, 0.3) is 0 Å². The van der Waals surface area contributed by atoms with Crippen LogP contribution in [-0.2, 0) is 0 Å². The summed E-state index contributed by atoms with van der Waals surface area (Å²) in [6.07, 6.45) is 14.4. The summed E-state index contributed by atoms with van der Waals surface area (Å²) in [6, 6.07) is 0. The molecule has 0 heterocycles. The fourth-order valence-corrected chi connectivity index (χ4v) is 8.59. The minimum absolute atomic E-state index is 0.0994. The highest BCUT2D eigenvalue weighted by Crippen LogP contribution is 2.67. The first-order chi connectivity index (χ1) is 13.7. The number of aliphatic hydroxyl groups is 2. The second-order valence-electron chi connectivity index (χ2n) is 12.3. The molecule has 0 bridgehead atoms. The van der Waals surface area contributed by atoms with Crippen LogP contribution in [0.1, 0.15) is 98.8 Å². The maximum Gasteiger partial charge on any atom is 0.0577 e. The summed E-state index contributed by atoms with van der Waals surface area (Å²) < 4.78 is 0. The Morgan fingerprint density at radius 1 is 1.00 bits per heavy atom. The quantitative estimate of drug-likeness (QED) is 0.525. The molecule has 4 aliphatic carbocycles. The smallest absolute Gasteiger partial charge is 0.0577 e. The van der Waals surface area contributed by atoms with Crippen LogP contribution in [0.2, 0.25) is 0 Å². The molecule has 0 saturated heterocycles. The standard InChI is InChI=1S/C27H46O2/c1-17(2)25(29)11-6-18(3)22-9-10-23-21-8-7-19-16-20(28)12-14-26(19,4)24(21)13-15-27(22,23)5/h7,17-18,20-25,28-29H,6,8-16H2,1-5H3/t18-,20?,21?,22?,23?,24?,25?,26?,27?/m1/s1. The van der Waals surface area contributed by atoms with Crippen molar-refractivity contribution in [2.24, 2.45) is 46.3 Å². The van der Waals surface area contributed by atoms with E-state index in [4.69, 9.17) is 0 Å². The molecule has 166 valence electrons. The zero-order chi connectivity index (χ0) is 21.0. The molecule has 0 aromatic rings. The molecule has 3 saturated carbocycles. The van der Waals surface area contributed by atoms with E-state index in [1.807, 2.05) is 0 Å². The summed E-state index contributed by atoms with van der Waals surface area (Å²) in [6.45, 7) is 11.9. The number of fused-ring (bicyclic) bond motifs is 5. The average Bonchev–Trinajstić information content (AvgIpc) is 3.03. The van der Waals surface area contributed by atoms with Crippen molar-refractivity contribution in [3.05, 3.63) is 11.6 Å². The van der Waals surface area contributed by atoms with Gasteiger partial charge in [0, 0.05) is 0 Å². The maximum atomic E-state index is 10.3. The van der Waals surface area contributed by atoms with Crippen LogP contribution in [0, 0.1) is 46.3 Å². The van der Waals surface area contributed by atoms with E-state index < -0.39 is 0 Å². The third kappa shape index (κ3) is 3.65.